The number of hydrogen-bond donors (Lipinski definition) is 2. The summed E-state index contributed by atoms with van der Waals surface area (Å²) in [5.41, 5.74) is 4.97. The molecule has 2 rings (SSSR count). The minimum atomic E-state index is -4.50. The molecule has 0 aliphatic heterocycles. The number of hydrogen-bond acceptors (Lipinski definition) is 3. The zero-order valence-electron chi connectivity index (χ0n) is 10.4. The third kappa shape index (κ3) is 3.43. The lowest BCUT2D eigenvalue weighted by atomic mass is 10.2. The van der Waals surface area contributed by atoms with E-state index in [4.69, 9.17) is 17.3 Å². The highest BCUT2D eigenvalue weighted by molar-refractivity contribution is 6.34. The van der Waals surface area contributed by atoms with Crippen LogP contribution in [-0.2, 0) is 6.18 Å². The Bertz CT molecular complexity index is 651. The van der Waals surface area contributed by atoms with Gasteiger partial charge >= 0.3 is 6.18 Å². The molecule has 8 heteroatoms. The Morgan fingerprint density at radius 3 is 2.48 bits per heavy atom. The van der Waals surface area contributed by atoms with Crippen molar-refractivity contribution in [3.05, 3.63) is 52.8 Å². The average Bonchev–Trinajstić information content (AvgIpc) is 2.42. The summed E-state index contributed by atoms with van der Waals surface area (Å²) in [7, 11) is 0. The van der Waals surface area contributed by atoms with Crippen LogP contribution in [0.5, 0.6) is 0 Å². The number of pyridine rings is 1. The lowest BCUT2D eigenvalue weighted by Gasteiger charge is -2.10. The Hall–Kier alpha value is -2.28. The molecule has 0 atom stereocenters. The summed E-state index contributed by atoms with van der Waals surface area (Å²) < 4.78 is 37.2. The van der Waals surface area contributed by atoms with Crippen LogP contribution in [0.2, 0.25) is 5.02 Å². The van der Waals surface area contributed by atoms with Crippen molar-refractivity contribution in [2.75, 3.05) is 11.1 Å². The monoisotopic (exact) mass is 315 g/mol. The molecule has 0 saturated carbocycles. The molecule has 1 aromatic heterocycles. The maximum absolute atomic E-state index is 12.4. The number of carbonyl (C=O) groups excluding carboxylic acids is 1. The van der Waals surface area contributed by atoms with Gasteiger partial charge in [0.1, 0.15) is 5.69 Å². The van der Waals surface area contributed by atoms with Crippen molar-refractivity contribution in [2.24, 2.45) is 0 Å². The van der Waals surface area contributed by atoms with Crippen LogP contribution in [0.1, 0.15) is 16.1 Å². The van der Waals surface area contributed by atoms with Crippen LogP contribution < -0.4 is 11.1 Å². The quantitative estimate of drug-likeness (QED) is 0.832. The van der Waals surface area contributed by atoms with Gasteiger partial charge in [-0.3, -0.25) is 9.78 Å². The Morgan fingerprint density at radius 2 is 1.95 bits per heavy atom. The van der Waals surface area contributed by atoms with Crippen molar-refractivity contribution in [1.29, 1.82) is 0 Å². The molecule has 110 valence electrons. The first-order valence-electron chi connectivity index (χ1n) is 5.67. The van der Waals surface area contributed by atoms with Gasteiger partial charge in [-0.05, 0) is 24.3 Å². The Morgan fingerprint density at radius 1 is 1.24 bits per heavy atom. The number of amides is 1. The van der Waals surface area contributed by atoms with Gasteiger partial charge in [0.2, 0.25) is 0 Å². The smallest absolute Gasteiger partial charge is 0.397 e. The fourth-order valence-electron chi connectivity index (χ4n) is 1.55. The van der Waals surface area contributed by atoms with Crippen molar-refractivity contribution in [1.82, 2.24) is 4.98 Å². The van der Waals surface area contributed by atoms with E-state index in [0.717, 1.165) is 12.1 Å². The van der Waals surface area contributed by atoms with Gasteiger partial charge in [0, 0.05) is 6.20 Å². The fourth-order valence-corrected chi connectivity index (χ4v) is 1.78. The summed E-state index contributed by atoms with van der Waals surface area (Å²) in [6.07, 6.45) is -3.92. The van der Waals surface area contributed by atoms with Crippen molar-refractivity contribution >= 4 is 28.9 Å². The topological polar surface area (TPSA) is 68.0 Å². The third-order valence-electron chi connectivity index (χ3n) is 2.61. The molecule has 0 bridgehead atoms. The molecule has 0 fully saturated rings. The van der Waals surface area contributed by atoms with Crippen LogP contribution in [0, 0.1) is 0 Å². The van der Waals surface area contributed by atoms with Gasteiger partial charge in [0.05, 0.1) is 22.0 Å². The molecule has 1 aromatic carbocycles. The van der Waals surface area contributed by atoms with E-state index in [0.29, 0.717) is 6.20 Å². The van der Waals surface area contributed by atoms with Gasteiger partial charge in [-0.25, -0.2) is 0 Å². The fraction of sp³-hybridized carbons (Fsp3) is 0.0769. The lowest BCUT2D eigenvalue weighted by molar-refractivity contribution is -0.137. The number of halogens is 4. The summed E-state index contributed by atoms with van der Waals surface area (Å²) >= 11 is 5.88. The number of carbonyl (C=O) groups is 1. The highest BCUT2D eigenvalue weighted by Gasteiger charge is 2.30. The van der Waals surface area contributed by atoms with E-state index in [1.54, 1.807) is 6.07 Å². The molecule has 0 unspecified atom stereocenters. The van der Waals surface area contributed by atoms with Crippen LogP contribution >= 0.6 is 11.6 Å². The summed E-state index contributed by atoms with van der Waals surface area (Å²) in [6, 6.07) is 6.40. The van der Waals surface area contributed by atoms with E-state index in [2.05, 4.69) is 10.3 Å². The van der Waals surface area contributed by atoms with E-state index in [-0.39, 0.29) is 22.1 Å². The van der Waals surface area contributed by atoms with Gasteiger partial charge in [-0.1, -0.05) is 17.7 Å². The van der Waals surface area contributed by atoms with Gasteiger partial charge in [-0.2, -0.15) is 13.2 Å². The van der Waals surface area contributed by atoms with Crippen molar-refractivity contribution in [3.8, 4) is 0 Å². The van der Waals surface area contributed by atoms with Gasteiger partial charge in [-0.15, -0.1) is 0 Å². The summed E-state index contributed by atoms with van der Waals surface area (Å²) in [5, 5.41) is 2.63. The molecule has 2 aromatic rings. The first-order valence-corrected chi connectivity index (χ1v) is 6.05. The van der Waals surface area contributed by atoms with E-state index >= 15 is 0 Å². The third-order valence-corrected chi connectivity index (χ3v) is 2.92. The first kappa shape index (κ1) is 15.1. The molecule has 0 spiro atoms. The number of nitrogens with two attached hydrogens (primary N) is 1. The molecule has 1 heterocycles. The van der Waals surface area contributed by atoms with E-state index in [1.165, 1.54) is 12.1 Å². The predicted octanol–water partition coefficient (Wildman–Crippen LogP) is 3.59. The SMILES string of the molecule is Nc1cccc(Cl)c1NC(=O)c1ccc(C(F)(F)F)cn1. The molecule has 4 nitrogen and oxygen atoms in total. The van der Waals surface area contributed by atoms with E-state index in [9.17, 15) is 18.0 Å². The van der Waals surface area contributed by atoms with Gasteiger partial charge in [0.25, 0.3) is 5.91 Å². The first-order chi connectivity index (χ1) is 9.79. The zero-order valence-corrected chi connectivity index (χ0v) is 11.2. The molecule has 0 aliphatic rings. The van der Waals surface area contributed by atoms with Gasteiger partial charge < -0.3 is 11.1 Å². The normalized spacial score (nSPS) is 11.2. The van der Waals surface area contributed by atoms with Crippen molar-refractivity contribution in [2.45, 2.75) is 6.18 Å². The number of nitrogens with zero attached hydrogens (tertiary/aromatic N) is 1. The Labute approximate surface area is 122 Å². The largest absolute Gasteiger partial charge is 0.417 e. The highest BCUT2D eigenvalue weighted by atomic mass is 35.5. The standard InChI is InChI=1S/C13H9ClF3N3O/c14-8-2-1-3-9(18)11(8)20-12(21)10-5-4-7(6-19-10)13(15,16)17/h1-6H,18H2,(H,20,21). The molecule has 3 N–H and O–H groups in total. The second-order valence-corrected chi connectivity index (χ2v) is 4.50. The number of rotatable bonds is 2. The second-order valence-electron chi connectivity index (χ2n) is 4.09. The summed E-state index contributed by atoms with van der Waals surface area (Å²) in [5.74, 6) is -0.705. The number of aromatic nitrogens is 1. The number of anilines is 2. The average molecular weight is 316 g/mol. The van der Waals surface area contributed by atoms with Crippen molar-refractivity contribution in [3.63, 3.8) is 0 Å². The molecule has 0 saturated heterocycles. The molecule has 1 amide bonds. The minimum Gasteiger partial charge on any atom is -0.397 e. The summed E-state index contributed by atoms with van der Waals surface area (Å²) in [4.78, 5) is 15.4. The number of benzene rings is 1. The van der Waals surface area contributed by atoms with E-state index in [1.807, 2.05) is 0 Å². The van der Waals surface area contributed by atoms with E-state index < -0.39 is 17.6 Å². The van der Waals surface area contributed by atoms with Crippen LogP contribution in [0.4, 0.5) is 24.5 Å². The number of para-hydroxylation sites is 1. The lowest BCUT2D eigenvalue weighted by Crippen LogP contribution is -2.16. The molecule has 21 heavy (non-hydrogen) atoms. The summed E-state index contributed by atoms with van der Waals surface area (Å²) in [6.45, 7) is 0. The predicted molar refractivity (Wildman–Crippen MR) is 73.1 cm³/mol. The van der Waals surface area contributed by atoms with Crippen LogP contribution in [-0.4, -0.2) is 10.9 Å². The highest BCUT2D eigenvalue weighted by Crippen LogP contribution is 2.29. The number of nitrogens with one attached hydrogen (secondary N) is 1. The van der Waals surface area contributed by atoms with Gasteiger partial charge in [0.15, 0.2) is 0 Å². The minimum absolute atomic E-state index is 0.178. The van der Waals surface area contributed by atoms with Crippen molar-refractivity contribution < 1.29 is 18.0 Å². The molecular weight excluding hydrogens is 307 g/mol. The molecular formula is C13H9ClF3N3O. The van der Waals surface area contributed by atoms with Crippen LogP contribution in [0.3, 0.4) is 0 Å². The number of alkyl halides is 3. The Kier molecular flexibility index (Phi) is 4.04. The maximum atomic E-state index is 12.4. The molecule has 0 radical (unpaired) electrons. The maximum Gasteiger partial charge on any atom is 0.417 e. The number of nitrogen functional groups attached to an aromatic ring is 1. The second kappa shape index (κ2) is 5.61. The van der Waals surface area contributed by atoms with Crippen LogP contribution in [0.25, 0.3) is 0 Å². The van der Waals surface area contributed by atoms with Crippen LogP contribution in [0.15, 0.2) is 36.5 Å². The Balaban J connectivity index is 2.21. The zero-order chi connectivity index (χ0) is 15.6. The molecule has 0 aliphatic carbocycles.